The highest BCUT2D eigenvalue weighted by molar-refractivity contribution is 6.31. The maximum Gasteiger partial charge on any atom is 0.276 e. The van der Waals surface area contributed by atoms with Gasteiger partial charge in [0.25, 0.3) is 5.91 Å². The van der Waals surface area contributed by atoms with Crippen LogP contribution in [0.5, 0.6) is 5.75 Å². The van der Waals surface area contributed by atoms with E-state index in [4.69, 9.17) is 20.9 Å². The lowest BCUT2D eigenvalue weighted by atomic mass is 9.93. The summed E-state index contributed by atoms with van der Waals surface area (Å²) in [4.78, 5) is 26.7. The maximum absolute atomic E-state index is 12.5. The highest BCUT2D eigenvalue weighted by Crippen LogP contribution is 2.28. The Bertz CT molecular complexity index is 852. The Morgan fingerprint density at radius 3 is 2.93 bits per heavy atom. The van der Waals surface area contributed by atoms with Crippen LogP contribution >= 0.6 is 11.6 Å². The zero-order valence-corrected chi connectivity index (χ0v) is 16.8. The topological polar surface area (TPSA) is 84.7 Å². The van der Waals surface area contributed by atoms with Crippen LogP contribution in [0.25, 0.3) is 0 Å². The molecule has 1 atom stereocenters. The van der Waals surface area contributed by atoms with Crippen LogP contribution in [0.4, 0.5) is 5.69 Å². The molecule has 1 aliphatic rings. The number of likely N-dealkylation sites (tertiary alicyclic amines) is 1. The second kappa shape index (κ2) is 9.10. The van der Waals surface area contributed by atoms with Gasteiger partial charge in [0.15, 0.2) is 5.69 Å². The van der Waals surface area contributed by atoms with Crippen molar-refractivity contribution in [3.63, 3.8) is 0 Å². The van der Waals surface area contributed by atoms with Gasteiger partial charge in [0.1, 0.15) is 11.5 Å². The number of nitrogens with zero attached hydrogens (tertiary/aromatic N) is 2. The summed E-state index contributed by atoms with van der Waals surface area (Å²) in [5, 5.41) is 7.19. The van der Waals surface area contributed by atoms with Crippen LogP contribution in [0.2, 0.25) is 5.02 Å². The first kappa shape index (κ1) is 20.2. The molecule has 8 heteroatoms. The van der Waals surface area contributed by atoms with Gasteiger partial charge in [-0.05, 0) is 50.3 Å². The molecule has 0 bridgehead atoms. The van der Waals surface area contributed by atoms with Crippen LogP contribution in [0, 0.1) is 12.8 Å². The van der Waals surface area contributed by atoms with Crippen LogP contribution in [0.1, 0.15) is 41.9 Å². The Labute approximate surface area is 169 Å². The summed E-state index contributed by atoms with van der Waals surface area (Å²) in [5.74, 6) is 1.24. The molecule has 1 aliphatic heterocycles. The van der Waals surface area contributed by atoms with E-state index in [0.29, 0.717) is 53.8 Å². The standard InChI is InChI=1S/C20H24ClN3O4/c1-13-10-17(23-28-13)20(26)24-9-3-4-14(12-24)5-8-19(25)22-16-11-15(21)6-7-18(16)27-2/h6-7,10-11,14H,3-5,8-9,12H2,1-2H3,(H,22,25). The molecular weight excluding hydrogens is 382 g/mol. The molecule has 0 saturated carbocycles. The third-order valence-corrected chi connectivity index (χ3v) is 5.10. The van der Waals surface area contributed by atoms with Gasteiger partial charge in [-0.3, -0.25) is 9.59 Å². The van der Waals surface area contributed by atoms with E-state index < -0.39 is 0 Å². The van der Waals surface area contributed by atoms with Gasteiger partial charge in [-0.2, -0.15) is 0 Å². The van der Waals surface area contributed by atoms with Crippen molar-refractivity contribution in [3.05, 3.63) is 40.7 Å². The average Bonchev–Trinajstić information content (AvgIpc) is 3.12. The van der Waals surface area contributed by atoms with E-state index in [9.17, 15) is 9.59 Å². The van der Waals surface area contributed by atoms with Crippen molar-refractivity contribution in [1.29, 1.82) is 0 Å². The van der Waals surface area contributed by atoms with Gasteiger partial charge in [0, 0.05) is 30.6 Å². The Morgan fingerprint density at radius 1 is 1.39 bits per heavy atom. The number of carbonyl (C=O) groups is 2. The molecule has 3 rings (SSSR count). The Hall–Kier alpha value is -2.54. The number of anilines is 1. The second-order valence-electron chi connectivity index (χ2n) is 7.01. The molecule has 0 radical (unpaired) electrons. The molecule has 1 N–H and O–H groups in total. The molecule has 0 spiro atoms. The van der Waals surface area contributed by atoms with Crippen molar-refractivity contribution in [2.75, 3.05) is 25.5 Å². The van der Waals surface area contributed by atoms with E-state index in [1.165, 1.54) is 0 Å². The van der Waals surface area contributed by atoms with E-state index in [2.05, 4.69) is 10.5 Å². The molecule has 2 amide bonds. The zero-order valence-electron chi connectivity index (χ0n) is 16.0. The second-order valence-corrected chi connectivity index (χ2v) is 7.45. The first-order valence-corrected chi connectivity index (χ1v) is 9.70. The number of hydrogen-bond donors (Lipinski definition) is 1. The van der Waals surface area contributed by atoms with Gasteiger partial charge in [0.2, 0.25) is 5.91 Å². The fourth-order valence-corrected chi connectivity index (χ4v) is 3.61. The van der Waals surface area contributed by atoms with Crippen LogP contribution < -0.4 is 10.1 Å². The molecule has 2 aromatic rings. The van der Waals surface area contributed by atoms with Crippen molar-refractivity contribution >= 4 is 29.1 Å². The third kappa shape index (κ3) is 5.04. The minimum atomic E-state index is -0.116. The van der Waals surface area contributed by atoms with Crippen LogP contribution in [0.15, 0.2) is 28.8 Å². The lowest BCUT2D eigenvalue weighted by molar-refractivity contribution is -0.116. The molecule has 28 heavy (non-hydrogen) atoms. The van der Waals surface area contributed by atoms with E-state index in [1.807, 2.05) is 0 Å². The number of nitrogens with one attached hydrogen (secondary N) is 1. The molecule has 2 heterocycles. The number of aromatic nitrogens is 1. The Balaban J connectivity index is 1.52. The van der Waals surface area contributed by atoms with E-state index in [0.717, 1.165) is 12.8 Å². The summed E-state index contributed by atoms with van der Waals surface area (Å²) in [5.41, 5.74) is 0.894. The number of ether oxygens (including phenoxy) is 1. The molecule has 1 fully saturated rings. The molecule has 7 nitrogen and oxygen atoms in total. The molecule has 1 saturated heterocycles. The first-order chi connectivity index (χ1) is 13.5. The molecule has 1 unspecified atom stereocenters. The van der Waals surface area contributed by atoms with Crippen molar-refractivity contribution in [2.45, 2.75) is 32.6 Å². The Kier molecular flexibility index (Phi) is 6.57. The lowest BCUT2D eigenvalue weighted by Gasteiger charge is -2.32. The smallest absolute Gasteiger partial charge is 0.276 e. The molecule has 0 aliphatic carbocycles. The quantitative estimate of drug-likeness (QED) is 0.787. The fourth-order valence-electron chi connectivity index (χ4n) is 3.44. The highest BCUT2D eigenvalue weighted by atomic mass is 35.5. The molecule has 150 valence electrons. The molecular formula is C20H24ClN3O4. The number of aryl methyl sites for hydroxylation is 1. The lowest BCUT2D eigenvalue weighted by Crippen LogP contribution is -2.40. The zero-order chi connectivity index (χ0) is 20.1. The number of benzene rings is 1. The number of hydrogen-bond acceptors (Lipinski definition) is 5. The first-order valence-electron chi connectivity index (χ1n) is 9.32. The normalized spacial score (nSPS) is 16.7. The summed E-state index contributed by atoms with van der Waals surface area (Å²) in [6.07, 6.45) is 2.98. The minimum absolute atomic E-state index is 0.101. The third-order valence-electron chi connectivity index (χ3n) is 4.87. The van der Waals surface area contributed by atoms with Crippen molar-refractivity contribution in [3.8, 4) is 5.75 Å². The monoisotopic (exact) mass is 405 g/mol. The van der Waals surface area contributed by atoms with Crippen molar-refractivity contribution < 1.29 is 18.8 Å². The number of rotatable bonds is 6. The predicted molar refractivity (Wildman–Crippen MR) is 106 cm³/mol. The Morgan fingerprint density at radius 2 is 2.21 bits per heavy atom. The van der Waals surface area contributed by atoms with E-state index in [-0.39, 0.29) is 17.7 Å². The molecule has 1 aromatic heterocycles. The van der Waals surface area contributed by atoms with Crippen LogP contribution in [0.3, 0.4) is 0 Å². The van der Waals surface area contributed by atoms with Gasteiger partial charge in [0.05, 0.1) is 12.8 Å². The summed E-state index contributed by atoms with van der Waals surface area (Å²) >= 11 is 6.00. The van der Waals surface area contributed by atoms with E-state index in [1.54, 1.807) is 43.2 Å². The van der Waals surface area contributed by atoms with Crippen LogP contribution in [-0.4, -0.2) is 42.1 Å². The van der Waals surface area contributed by atoms with Crippen LogP contribution in [-0.2, 0) is 4.79 Å². The van der Waals surface area contributed by atoms with Gasteiger partial charge < -0.3 is 19.5 Å². The van der Waals surface area contributed by atoms with Gasteiger partial charge in [-0.15, -0.1) is 0 Å². The highest BCUT2D eigenvalue weighted by Gasteiger charge is 2.26. The minimum Gasteiger partial charge on any atom is -0.495 e. The van der Waals surface area contributed by atoms with Crippen molar-refractivity contribution in [2.24, 2.45) is 5.92 Å². The summed E-state index contributed by atoms with van der Waals surface area (Å²) in [7, 11) is 1.54. The number of piperidine rings is 1. The average molecular weight is 406 g/mol. The largest absolute Gasteiger partial charge is 0.495 e. The van der Waals surface area contributed by atoms with Gasteiger partial charge in [-0.25, -0.2) is 0 Å². The fraction of sp³-hybridized carbons (Fsp3) is 0.450. The summed E-state index contributed by atoms with van der Waals surface area (Å²) in [6.45, 7) is 3.09. The number of carbonyl (C=O) groups excluding carboxylic acids is 2. The van der Waals surface area contributed by atoms with E-state index >= 15 is 0 Å². The number of amides is 2. The van der Waals surface area contributed by atoms with Crippen molar-refractivity contribution in [1.82, 2.24) is 10.1 Å². The SMILES string of the molecule is COc1ccc(Cl)cc1NC(=O)CCC1CCCN(C(=O)c2cc(C)on2)C1. The van der Waals surface area contributed by atoms with Gasteiger partial charge >= 0.3 is 0 Å². The summed E-state index contributed by atoms with van der Waals surface area (Å²) < 4.78 is 10.2. The number of methoxy groups -OCH3 is 1. The maximum atomic E-state index is 12.5. The van der Waals surface area contributed by atoms with Gasteiger partial charge in [-0.1, -0.05) is 16.8 Å². The number of halogens is 1. The molecule has 1 aromatic carbocycles. The summed E-state index contributed by atoms with van der Waals surface area (Å²) in [6, 6.07) is 6.74. The predicted octanol–water partition coefficient (Wildman–Crippen LogP) is 3.92.